The van der Waals surface area contributed by atoms with Crippen molar-refractivity contribution in [1.29, 1.82) is 0 Å². The van der Waals surface area contributed by atoms with Crippen molar-refractivity contribution in [2.45, 2.75) is 46.3 Å². The van der Waals surface area contributed by atoms with Crippen molar-refractivity contribution >= 4 is 0 Å². The van der Waals surface area contributed by atoms with Gasteiger partial charge in [-0.25, -0.2) is 0 Å². The van der Waals surface area contributed by atoms with E-state index in [4.69, 9.17) is 0 Å². The quantitative estimate of drug-likeness (QED) is 0.782. The normalized spacial score (nSPS) is 15.4. The Bertz CT molecular complexity index is 270. The van der Waals surface area contributed by atoms with Gasteiger partial charge in [0.15, 0.2) is 0 Å². The molecule has 0 saturated carbocycles. The van der Waals surface area contributed by atoms with Gasteiger partial charge in [-0.05, 0) is 19.3 Å². The molecule has 0 fully saturated rings. The third-order valence-electron chi connectivity index (χ3n) is 2.26. The summed E-state index contributed by atoms with van der Waals surface area (Å²) in [5, 5.41) is 17.1. The highest BCUT2D eigenvalue weighted by Crippen LogP contribution is 2.10. The van der Waals surface area contributed by atoms with Crippen LogP contribution in [-0.4, -0.2) is 20.1 Å². The van der Waals surface area contributed by atoms with Crippen LogP contribution >= 0.6 is 0 Å². The second kappa shape index (κ2) is 5.10. The van der Waals surface area contributed by atoms with Crippen molar-refractivity contribution in [3.8, 4) is 0 Å². The Balaban J connectivity index is 2.51. The molecule has 14 heavy (non-hydrogen) atoms. The molecule has 0 amide bonds. The number of aliphatic hydroxyl groups is 1. The van der Waals surface area contributed by atoms with Gasteiger partial charge in [0.25, 0.3) is 0 Å². The van der Waals surface area contributed by atoms with E-state index >= 15 is 0 Å². The first-order valence-corrected chi connectivity index (χ1v) is 5.21. The molecule has 0 bridgehead atoms. The van der Waals surface area contributed by atoms with Crippen LogP contribution in [0.5, 0.6) is 0 Å². The van der Waals surface area contributed by atoms with Crippen LogP contribution in [0.4, 0.5) is 0 Å². The zero-order valence-electron chi connectivity index (χ0n) is 9.14. The van der Waals surface area contributed by atoms with Crippen LogP contribution in [0.2, 0.25) is 0 Å². The van der Waals surface area contributed by atoms with Gasteiger partial charge in [-0.3, -0.25) is 4.68 Å². The van der Waals surface area contributed by atoms with Gasteiger partial charge < -0.3 is 5.11 Å². The number of aromatic nitrogens is 3. The molecule has 0 spiro atoms. The molecule has 1 rings (SSSR count). The van der Waals surface area contributed by atoms with Crippen molar-refractivity contribution in [2.24, 2.45) is 5.92 Å². The minimum absolute atomic E-state index is 0.523. The first-order chi connectivity index (χ1) is 6.63. The predicted octanol–water partition coefficient (Wildman–Crippen LogP) is 1.77. The molecule has 2 atom stereocenters. The summed E-state index contributed by atoms with van der Waals surface area (Å²) in [5.41, 5.74) is 0.647. The lowest BCUT2D eigenvalue weighted by Gasteiger charge is -2.08. The molecular formula is C10H19N3O. The van der Waals surface area contributed by atoms with Gasteiger partial charge in [0.05, 0.1) is 12.3 Å². The van der Waals surface area contributed by atoms with Gasteiger partial charge in [-0.15, -0.1) is 5.10 Å². The Morgan fingerprint density at radius 2 is 2.21 bits per heavy atom. The topological polar surface area (TPSA) is 50.9 Å². The van der Waals surface area contributed by atoms with Crippen LogP contribution in [0.3, 0.4) is 0 Å². The molecule has 0 saturated heterocycles. The van der Waals surface area contributed by atoms with Crippen molar-refractivity contribution in [3.63, 3.8) is 0 Å². The smallest absolute Gasteiger partial charge is 0.111 e. The molecule has 1 N–H and O–H groups in total. The lowest BCUT2D eigenvalue weighted by molar-refractivity contribution is 0.194. The molecule has 2 unspecified atom stereocenters. The van der Waals surface area contributed by atoms with Gasteiger partial charge in [0, 0.05) is 6.54 Å². The maximum atomic E-state index is 9.26. The standard InChI is InChI=1S/C10H19N3O/c1-4-5-8(2)6-13-7-10(9(3)14)11-12-13/h7-9,14H,4-6H2,1-3H3. The number of nitrogens with zero attached hydrogens (tertiary/aromatic N) is 3. The van der Waals surface area contributed by atoms with Gasteiger partial charge in [0.1, 0.15) is 5.69 Å². The van der Waals surface area contributed by atoms with Gasteiger partial charge in [-0.1, -0.05) is 25.5 Å². The number of aliphatic hydroxyl groups excluding tert-OH is 1. The molecule has 80 valence electrons. The first-order valence-electron chi connectivity index (χ1n) is 5.21. The Morgan fingerprint density at radius 3 is 2.71 bits per heavy atom. The van der Waals surface area contributed by atoms with Crippen LogP contribution < -0.4 is 0 Å². The zero-order valence-corrected chi connectivity index (χ0v) is 9.14. The maximum absolute atomic E-state index is 9.26. The van der Waals surface area contributed by atoms with Gasteiger partial charge >= 0.3 is 0 Å². The summed E-state index contributed by atoms with van der Waals surface area (Å²) in [6, 6.07) is 0. The van der Waals surface area contributed by atoms with E-state index < -0.39 is 6.10 Å². The average molecular weight is 197 g/mol. The van der Waals surface area contributed by atoms with Crippen LogP contribution in [0.1, 0.15) is 45.4 Å². The molecule has 1 heterocycles. The summed E-state index contributed by atoms with van der Waals surface area (Å²) in [4.78, 5) is 0. The van der Waals surface area contributed by atoms with Gasteiger partial charge in [0.2, 0.25) is 0 Å². The summed E-state index contributed by atoms with van der Waals surface area (Å²) in [6.07, 6.45) is 3.69. The second-order valence-electron chi connectivity index (χ2n) is 3.94. The molecule has 0 aliphatic heterocycles. The second-order valence-corrected chi connectivity index (χ2v) is 3.94. The van der Waals surface area contributed by atoms with Crippen LogP contribution in [0.15, 0.2) is 6.20 Å². The number of hydrogen-bond acceptors (Lipinski definition) is 3. The van der Waals surface area contributed by atoms with E-state index in [0.717, 1.165) is 6.54 Å². The molecule has 1 aromatic rings. The molecule has 1 aromatic heterocycles. The third-order valence-corrected chi connectivity index (χ3v) is 2.26. The van der Waals surface area contributed by atoms with Crippen LogP contribution in [0, 0.1) is 5.92 Å². The minimum Gasteiger partial charge on any atom is -0.387 e. The van der Waals surface area contributed by atoms with Crippen molar-refractivity contribution in [1.82, 2.24) is 15.0 Å². The first kappa shape index (κ1) is 11.2. The Labute approximate surface area is 84.9 Å². The molecule has 0 radical (unpaired) electrons. The highest BCUT2D eigenvalue weighted by molar-refractivity contribution is 4.95. The van der Waals surface area contributed by atoms with E-state index in [1.165, 1.54) is 12.8 Å². The fourth-order valence-corrected chi connectivity index (χ4v) is 1.50. The highest BCUT2D eigenvalue weighted by atomic mass is 16.3. The van der Waals surface area contributed by atoms with Crippen molar-refractivity contribution < 1.29 is 5.11 Å². The number of rotatable bonds is 5. The summed E-state index contributed by atoms with van der Waals surface area (Å²) in [7, 11) is 0. The lowest BCUT2D eigenvalue weighted by Crippen LogP contribution is -2.07. The summed E-state index contributed by atoms with van der Waals surface area (Å²) >= 11 is 0. The van der Waals surface area contributed by atoms with E-state index in [1.807, 2.05) is 10.9 Å². The van der Waals surface area contributed by atoms with E-state index in [-0.39, 0.29) is 0 Å². The summed E-state index contributed by atoms with van der Waals surface area (Å²) in [5.74, 6) is 0.614. The molecule has 0 aliphatic rings. The highest BCUT2D eigenvalue weighted by Gasteiger charge is 2.08. The fourth-order valence-electron chi connectivity index (χ4n) is 1.50. The summed E-state index contributed by atoms with van der Waals surface area (Å²) < 4.78 is 1.81. The average Bonchev–Trinajstić information content (AvgIpc) is 2.53. The molecule has 0 aromatic carbocycles. The van der Waals surface area contributed by atoms with E-state index in [2.05, 4.69) is 24.2 Å². The molecule has 4 nitrogen and oxygen atoms in total. The minimum atomic E-state index is -0.523. The predicted molar refractivity (Wildman–Crippen MR) is 54.7 cm³/mol. The maximum Gasteiger partial charge on any atom is 0.111 e. The SMILES string of the molecule is CCCC(C)Cn1cc(C(C)O)nn1. The van der Waals surface area contributed by atoms with Crippen molar-refractivity contribution in [2.75, 3.05) is 0 Å². The zero-order chi connectivity index (χ0) is 10.6. The number of hydrogen-bond donors (Lipinski definition) is 1. The largest absolute Gasteiger partial charge is 0.387 e. The lowest BCUT2D eigenvalue weighted by atomic mass is 10.1. The Morgan fingerprint density at radius 1 is 1.50 bits per heavy atom. The van der Waals surface area contributed by atoms with E-state index in [0.29, 0.717) is 11.6 Å². The Kier molecular flexibility index (Phi) is 4.07. The summed E-state index contributed by atoms with van der Waals surface area (Å²) in [6.45, 7) is 6.96. The molecular weight excluding hydrogens is 178 g/mol. The van der Waals surface area contributed by atoms with Crippen LogP contribution in [0.25, 0.3) is 0 Å². The fraction of sp³-hybridized carbons (Fsp3) is 0.800. The van der Waals surface area contributed by atoms with Crippen molar-refractivity contribution in [3.05, 3.63) is 11.9 Å². The van der Waals surface area contributed by atoms with E-state index in [9.17, 15) is 5.11 Å². The molecule has 4 heteroatoms. The third kappa shape index (κ3) is 3.10. The monoisotopic (exact) mass is 197 g/mol. The molecule has 0 aliphatic carbocycles. The Hall–Kier alpha value is -0.900. The van der Waals surface area contributed by atoms with Crippen LogP contribution in [-0.2, 0) is 6.54 Å². The van der Waals surface area contributed by atoms with Gasteiger partial charge in [-0.2, -0.15) is 0 Å². The van der Waals surface area contributed by atoms with E-state index in [1.54, 1.807) is 6.92 Å².